The molecule has 0 aliphatic rings. The smallest absolute Gasteiger partial charge is 0.0991 e. The van der Waals surface area contributed by atoms with E-state index >= 15 is 0 Å². The molecule has 1 heterocycles. The maximum absolute atomic E-state index is 8.81. The summed E-state index contributed by atoms with van der Waals surface area (Å²) in [5.74, 6) is 0. The second kappa shape index (κ2) is 4.31. The van der Waals surface area contributed by atoms with Gasteiger partial charge in [0.15, 0.2) is 0 Å². The first-order chi connectivity index (χ1) is 8.88. The van der Waals surface area contributed by atoms with Gasteiger partial charge >= 0.3 is 0 Å². The van der Waals surface area contributed by atoms with Gasteiger partial charge in [-0.3, -0.25) is 4.98 Å². The fraction of sp³-hybridized carbons (Fsp3) is 0. The molecule has 18 heavy (non-hydrogen) atoms. The average molecular weight is 230 g/mol. The zero-order valence-electron chi connectivity index (χ0n) is 9.67. The summed E-state index contributed by atoms with van der Waals surface area (Å²) in [6, 6.07) is 19.8. The minimum Gasteiger partial charge on any atom is -0.256 e. The van der Waals surface area contributed by atoms with Crippen molar-refractivity contribution in [2.45, 2.75) is 0 Å². The molecule has 0 aliphatic heterocycles. The van der Waals surface area contributed by atoms with E-state index in [0.717, 1.165) is 22.0 Å². The van der Waals surface area contributed by atoms with E-state index in [9.17, 15) is 0 Å². The Balaban J connectivity index is 2.22. The lowest BCUT2D eigenvalue weighted by Crippen LogP contribution is -1.84. The molecule has 0 aliphatic carbocycles. The predicted octanol–water partition coefficient (Wildman–Crippen LogP) is 3.77. The van der Waals surface area contributed by atoms with Crippen LogP contribution in [-0.2, 0) is 0 Å². The van der Waals surface area contributed by atoms with Crippen LogP contribution >= 0.6 is 0 Å². The van der Waals surface area contributed by atoms with E-state index < -0.39 is 0 Å². The number of nitriles is 1. The molecule has 0 saturated heterocycles. The Hall–Kier alpha value is -2.66. The van der Waals surface area contributed by atoms with Crippen molar-refractivity contribution in [3.63, 3.8) is 0 Å². The second-order valence-electron chi connectivity index (χ2n) is 4.07. The van der Waals surface area contributed by atoms with Gasteiger partial charge in [-0.05, 0) is 23.8 Å². The molecule has 2 aromatic carbocycles. The highest BCUT2D eigenvalue weighted by atomic mass is 14.6. The number of benzene rings is 2. The van der Waals surface area contributed by atoms with E-state index in [0.29, 0.717) is 5.56 Å². The van der Waals surface area contributed by atoms with Crippen molar-refractivity contribution in [2.75, 3.05) is 0 Å². The monoisotopic (exact) mass is 230 g/mol. The Morgan fingerprint density at radius 1 is 0.889 bits per heavy atom. The van der Waals surface area contributed by atoms with Gasteiger partial charge in [-0.1, -0.05) is 36.4 Å². The fourth-order valence-corrected chi connectivity index (χ4v) is 2.06. The van der Waals surface area contributed by atoms with Crippen LogP contribution in [0.15, 0.2) is 60.8 Å². The molecule has 0 atom stereocenters. The van der Waals surface area contributed by atoms with Gasteiger partial charge in [-0.15, -0.1) is 0 Å². The maximum Gasteiger partial charge on any atom is 0.0991 e. The molecule has 0 saturated carbocycles. The molecule has 2 nitrogen and oxygen atoms in total. The Labute approximate surface area is 105 Å². The Bertz CT molecular complexity index is 732. The number of fused-ring (bicyclic) bond motifs is 1. The third-order valence-corrected chi connectivity index (χ3v) is 2.96. The zero-order chi connectivity index (χ0) is 12.4. The largest absolute Gasteiger partial charge is 0.256 e. The number of aromatic nitrogens is 1. The van der Waals surface area contributed by atoms with Crippen molar-refractivity contribution in [3.05, 3.63) is 66.4 Å². The van der Waals surface area contributed by atoms with Crippen molar-refractivity contribution in [1.82, 2.24) is 4.98 Å². The van der Waals surface area contributed by atoms with E-state index in [2.05, 4.69) is 29.3 Å². The molecule has 0 amide bonds. The molecule has 2 heteroatoms. The quantitative estimate of drug-likeness (QED) is 0.638. The molecular formula is C16H10N2. The van der Waals surface area contributed by atoms with Crippen LogP contribution < -0.4 is 0 Å². The van der Waals surface area contributed by atoms with Gasteiger partial charge in [0.25, 0.3) is 0 Å². The molecule has 0 bridgehead atoms. The molecule has 0 fully saturated rings. The van der Waals surface area contributed by atoms with Crippen LogP contribution in [0.1, 0.15) is 5.56 Å². The molecule has 3 aromatic rings. The standard InChI is InChI=1S/C16H10N2/c17-11-12-6-8-13(9-7-12)15-5-1-3-14-4-2-10-18-16(14)15/h1-10H. The van der Waals surface area contributed by atoms with Crippen molar-refractivity contribution < 1.29 is 0 Å². The summed E-state index contributed by atoms with van der Waals surface area (Å²) in [4.78, 5) is 4.44. The average Bonchev–Trinajstić information content (AvgIpc) is 2.47. The summed E-state index contributed by atoms with van der Waals surface area (Å²) in [5.41, 5.74) is 3.84. The van der Waals surface area contributed by atoms with Crippen molar-refractivity contribution >= 4 is 10.9 Å². The summed E-state index contributed by atoms with van der Waals surface area (Å²) in [6.45, 7) is 0. The van der Waals surface area contributed by atoms with Gasteiger partial charge in [-0.25, -0.2) is 0 Å². The van der Waals surface area contributed by atoms with Crippen LogP contribution in [0.5, 0.6) is 0 Å². The minimum atomic E-state index is 0.673. The Kier molecular flexibility index (Phi) is 2.51. The van der Waals surface area contributed by atoms with Crippen molar-refractivity contribution in [2.24, 2.45) is 0 Å². The molecule has 84 valence electrons. The highest BCUT2D eigenvalue weighted by molar-refractivity contribution is 5.93. The molecule has 0 radical (unpaired) electrons. The minimum absolute atomic E-state index is 0.673. The summed E-state index contributed by atoms with van der Waals surface area (Å²) >= 11 is 0. The molecular weight excluding hydrogens is 220 g/mol. The van der Waals surface area contributed by atoms with Gasteiger partial charge in [0.2, 0.25) is 0 Å². The van der Waals surface area contributed by atoms with Crippen molar-refractivity contribution in [3.8, 4) is 17.2 Å². The highest BCUT2D eigenvalue weighted by Gasteiger charge is 2.04. The first-order valence-electron chi connectivity index (χ1n) is 5.73. The van der Waals surface area contributed by atoms with Gasteiger partial charge in [0.05, 0.1) is 17.1 Å². The van der Waals surface area contributed by atoms with E-state index in [4.69, 9.17) is 5.26 Å². The van der Waals surface area contributed by atoms with Gasteiger partial charge in [0, 0.05) is 17.1 Å². The number of nitrogens with zero attached hydrogens (tertiary/aromatic N) is 2. The van der Waals surface area contributed by atoms with E-state index in [1.54, 1.807) is 6.20 Å². The zero-order valence-corrected chi connectivity index (χ0v) is 9.67. The maximum atomic E-state index is 8.81. The highest BCUT2D eigenvalue weighted by Crippen LogP contribution is 2.26. The van der Waals surface area contributed by atoms with Crippen LogP contribution in [0.25, 0.3) is 22.0 Å². The van der Waals surface area contributed by atoms with E-state index in [-0.39, 0.29) is 0 Å². The van der Waals surface area contributed by atoms with Gasteiger partial charge in [0.1, 0.15) is 0 Å². The number of para-hydroxylation sites is 1. The van der Waals surface area contributed by atoms with Crippen molar-refractivity contribution in [1.29, 1.82) is 5.26 Å². The van der Waals surface area contributed by atoms with Crippen LogP contribution in [-0.4, -0.2) is 4.98 Å². The number of hydrogen-bond donors (Lipinski definition) is 0. The topological polar surface area (TPSA) is 36.7 Å². The Morgan fingerprint density at radius 2 is 1.67 bits per heavy atom. The number of hydrogen-bond acceptors (Lipinski definition) is 2. The summed E-state index contributed by atoms with van der Waals surface area (Å²) in [6.07, 6.45) is 1.80. The lowest BCUT2D eigenvalue weighted by Gasteiger charge is -2.05. The molecule has 0 unspecified atom stereocenters. The predicted molar refractivity (Wildman–Crippen MR) is 71.9 cm³/mol. The molecule has 0 spiro atoms. The van der Waals surface area contributed by atoms with Gasteiger partial charge in [-0.2, -0.15) is 5.26 Å². The lowest BCUT2D eigenvalue weighted by molar-refractivity contribution is 1.41. The first-order valence-corrected chi connectivity index (χ1v) is 5.73. The molecule has 1 aromatic heterocycles. The Morgan fingerprint density at radius 3 is 2.44 bits per heavy atom. The van der Waals surface area contributed by atoms with E-state index in [1.807, 2.05) is 36.4 Å². The SMILES string of the molecule is N#Cc1ccc(-c2cccc3cccnc23)cc1. The lowest BCUT2D eigenvalue weighted by atomic mass is 10.0. The van der Waals surface area contributed by atoms with Gasteiger partial charge < -0.3 is 0 Å². The molecule has 0 N–H and O–H groups in total. The summed E-state index contributed by atoms with van der Waals surface area (Å²) in [5, 5.41) is 9.93. The second-order valence-corrected chi connectivity index (χ2v) is 4.07. The summed E-state index contributed by atoms with van der Waals surface area (Å²) in [7, 11) is 0. The first kappa shape index (κ1) is 10.5. The number of rotatable bonds is 1. The van der Waals surface area contributed by atoms with Crippen LogP contribution in [0, 0.1) is 11.3 Å². The fourth-order valence-electron chi connectivity index (χ4n) is 2.06. The summed E-state index contributed by atoms with van der Waals surface area (Å²) < 4.78 is 0. The third-order valence-electron chi connectivity index (χ3n) is 2.96. The third kappa shape index (κ3) is 1.72. The number of pyridine rings is 1. The van der Waals surface area contributed by atoms with E-state index in [1.165, 1.54) is 0 Å². The van der Waals surface area contributed by atoms with Crippen LogP contribution in [0.2, 0.25) is 0 Å². The molecule has 3 rings (SSSR count). The normalized spacial score (nSPS) is 10.2. The van der Waals surface area contributed by atoms with Crippen LogP contribution in [0.3, 0.4) is 0 Å². The van der Waals surface area contributed by atoms with Crippen LogP contribution in [0.4, 0.5) is 0 Å².